The highest BCUT2D eigenvalue weighted by Gasteiger charge is 2.30. The molecule has 0 saturated carbocycles. The van der Waals surface area contributed by atoms with E-state index in [1.54, 1.807) is 0 Å². The van der Waals surface area contributed by atoms with Crippen LogP contribution in [0.15, 0.2) is 30.3 Å². The number of carbonyl (C=O) groups excluding carboxylic acids is 1. The first-order chi connectivity index (χ1) is 9.63. The van der Waals surface area contributed by atoms with E-state index in [9.17, 15) is 4.79 Å². The minimum absolute atomic E-state index is 0.104. The fraction of sp³-hybridized carbons (Fsp3) is 0.562. The molecule has 0 aliphatic carbocycles. The van der Waals surface area contributed by atoms with Crippen molar-refractivity contribution in [3.05, 3.63) is 35.9 Å². The predicted octanol–water partition coefficient (Wildman–Crippen LogP) is 2.47. The van der Waals surface area contributed by atoms with Gasteiger partial charge in [-0.25, -0.2) is 0 Å². The Labute approximate surface area is 125 Å². The van der Waals surface area contributed by atoms with E-state index >= 15 is 0 Å². The van der Waals surface area contributed by atoms with Crippen LogP contribution in [-0.2, 0) is 4.79 Å². The van der Waals surface area contributed by atoms with Crippen LogP contribution in [0.4, 0.5) is 0 Å². The van der Waals surface area contributed by atoms with Gasteiger partial charge >= 0.3 is 0 Å². The van der Waals surface area contributed by atoms with Gasteiger partial charge in [0.25, 0.3) is 0 Å². The molecule has 2 N–H and O–H groups in total. The van der Waals surface area contributed by atoms with Gasteiger partial charge in [-0.2, -0.15) is 11.8 Å². The molecule has 1 amide bonds. The standard InChI is InChI=1S/C16H24N2OS/c1-3-14(13-7-5-4-6-8-13)15(17)16(19)18-9-10-20-12(2)11-18/h4-8,12,14-15H,3,9-11,17H2,1-2H3. The number of thioether (sulfide) groups is 1. The Morgan fingerprint density at radius 2 is 2.15 bits per heavy atom. The van der Waals surface area contributed by atoms with Crippen molar-refractivity contribution in [3.63, 3.8) is 0 Å². The van der Waals surface area contributed by atoms with E-state index in [4.69, 9.17) is 5.73 Å². The molecule has 0 spiro atoms. The lowest BCUT2D eigenvalue weighted by Gasteiger charge is -2.34. The summed E-state index contributed by atoms with van der Waals surface area (Å²) in [5, 5.41) is 0.511. The van der Waals surface area contributed by atoms with Gasteiger partial charge in [0.05, 0.1) is 6.04 Å². The molecule has 0 bridgehead atoms. The van der Waals surface area contributed by atoms with Gasteiger partial charge in [-0.05, 0) is 12.0 Å². The van der Waals surface area contributed by atoms with E-state index < -0.39 is 6.04 Å². The monoisotopic (exact) mass is 292 g/mol. The maximum absolute atomic E-state index is 12.6. The molecule has 0 radical (unpaired) electrons. The second kappa shape index (κ2) is 7.14. The molecule has 1 aliphatic heterocycles. The summed E-state index contributed by atoms with van der Waals surface area (Å²) in [6.45, 7) is 5.92. The van der Waals surface area contributed by atoms with Crippen LogP contribution in [0.3, 0.4) is 0 Å². The van der Waals surface area contributed by atoms with Crippen molar-refractivity contribution in [2.24, 2.45) is 5.73 Å². The first kappa shape index (κ1) is 15.4. The van der Waals surface area contributed by atoms with Gasteiger partial charge < -0.3 is 10.6 Å². The Hall–Kier alpha value is -1.00. The molecular formula is C16H24N2OS. The Kier molecular flexibility index (Phi) is 5.49. The molecule has 1 heterocycles. The highest BCUT2D eigenvalue weighted by Crippen LogP contribution is 2.25. The molecule has 4 heteroatoms. The van der Waals surface area contributed by atoms with Crippen LogP contribution in [0, 0.1) is 0 Å². The highest BCUT2D eigenvalue weighted by molar-refractivity contribution is 7.99. The average molecular weight is 292 g/mol. The summed E-state index contributed by atoms with van der Waals surface area (Å²) in [5.41, 5.74) is 7.44. The van der Waals surface area contributed by atoms with Gasteiger partial charge in [0.2, 0.25) is 5.91 Å². The Bertz CT molecular complexity index is 437. The van der Waals surface area contributed by atoms with Gasteiger partial charge in [0.15, 0.2) is 0 Å². The van der Waals surface area contributed by atoms with E-state index in [1.807, 2.05) is 34.9 Å². The molecule has 0 aromatic heterocycles. The molecule has 3 nitrogen and oxygen atoms in total. The van der Waals surface area contributed by atoms with Crippen molar-refractivity contribution >= 4 is 17.7 Å². The first-order valence-electron chi connectivity index (χ1n) is 7.34. The van der Waals surface area contributed by atoms with Gasteiger partial charge in [-0.15, -0.1) is 0 Å². The number of carbonyl (C=O) groups is 1. The average Bonchev–Trinajstić information content (AvgIpc) is 2.48. The van der Waals surface area contributed by atoms with Crippen molar-refractivity contribution in [1.82, 2.24) is 4.90 Å². The smallest absolute Gasteiger partial charge is 0.240 e. The summed E-state index contributed by atoms with van der Waals surface area (Å²) in [4.78, 5) is 14.6. The van der Waals surface area contributed by atoms with Crippen LogP contribution in [-0.4, -0.2) is 40.9 Å². The van der Waals surface area contributed by atoms with E-state index in [1.165, 1.54) is 0 Å². The summed E-state index contributed by atoms with van der Waals surface area (Å²) in [5.74, 6) is 1.23. The molecule has 110 valence electrons. The molecule has 3 unspecified atom stereocenters. The molecule has 20 heavy (non-hydrogen) atoms. The minimum Gasteiger partial charge on any atom is -0.339 e. The van der Waals surface area contributed by atoms with E-state index in [0.717, 1.165) is 30.8 Å². The summed E-state index contributed by atoms with van der Waals surface area (Å²) in [6.07, 6.45) is 0.884. The lowest BCUT2D eigenvalue weighted by molar-refractivity contribution is -0.133. The number of nitrogens with zero attached hydrogens (tertiary/aromatic N) is 1. The van der Waals surface area contributed by atoms with Gasteiger partial charge in [0.1, 0.15) is 0 Å². The van der Waals surface area contributed by atoms with Crippen LogP contribution >= 0.6 is 11.8 Å². The lowest BCUT2D eigenvalue weighted by Crippen LogP contribution is -2.50. The molecule has 1 aromatic rings. The summed E-state index contributed by atoms with van der Waals surface area (Å²) >= 11 is 1.93. The minimum atomic E-state index is -0.433. The van der Waals surface area contributed by atoms with E-state index in [-0.39, 0.29) is 11.8 Å². The highest BCUT2D eigenvalue weighted by atomic mass is 32.2. The number of rotatable bonds is 4. The van der Waals surface area contributed by atoms with Crippen LogP contribution < -0.4 is 5.73 Å². The third kappa shape index (κ3) is 3.55. The molecule has 1 aliphatic rings. The quantitative estimate of drug-likeness (QED) is 0.927. The van der Waals surface area contributed by atoms with Gasteiger partial charge in [-0.3, -0.25) is 4.79 Å². The Morgan fingerprint density at radius 3 is 2.75 bits per heavy atom. The third-order valence-electron chi connectivity index (χ3n) is 3.94. The maximum Gasteiger partial charge on any atom is 0.240 e. The van der Waals surface area contributed by atoms with E-state index in [2.05, 4.69) is 26.0 Å². The normalized spacial score (nSPS) is 22.4. The van der Waals surface area contributed by atoms with Crippen molar-refractivity contribution in [2.75, 3.05) is 18.8 Å². The zero-order valence-corrected chi connectivity index (χ0v) is 13.1. The number of amides is 1. The molecular weight excluding hydrogens is 268 g/mol. The van der Waals surface area contributed by atoms with Crippen molar-refractivity contribution < 1.29 is 4.79 Å². The van der Waals surface area contributed by atoms with Crippen molar-refractivity contribution in [1.29, 1.82) is 0 Å². The Morgan fingerprint density at radius 1 is 1.45 bits per heavy atom. The fourth-order valence-electron chi connectivity index (χ4n) is 2.80. The SMILES string of the molecule is CCC(c1ccccc1)C(N)C(=O)N1CCSC(C)C1. The zero-order valence-electron chi connectivity index (χ0n) is 12.3. The van der Waals surface area contributed by atoms with Crippen molar-refractivity contribution in [2.45, 2.75) is 37.5 Å². The summed E-state index contributed by atoms with van der Waals surface area (Å²) < 4.78 is 0. The van der Waals surface area contributed by atoms with Gasteiger partial charge in [-0.1, -0.05) is 44.2 Å². The molecule has 1 fully saturated rings. The maximum atomic E-state index is 12.6. The van der Waals surface area contributed by atoms with Crippen LogP contribution in [0.5, 0.6) is 0 Å². The van der Waals surface area contributed by atoms with Crippen LogP contribution in [0.1, 0.15) is 31.7 Å². The van der Waals surface area contributed by atoms with E-state index in [0.29, 0.717) is 5.25 Å². The molecule has 2 rings (SSSR count). The number of hydrogen-bond donors (Lipinski definition) is 1. The topological polar surface area (TPSA) is 46.3 Å². The number of hydrogen-bond acceptors (Lipinski definition) is 3. The second-order valence-corrected chi connectivity index (χ2v) is 6.96. The van der Waals surface area contributed by atoms with Gasteiger partial charge in [0, 0.05) is 30.0 Å². The number of benzene rings is 1. The summed E-state index contributed by atoms with van der Waals surface area (Å²) in [7, 11) is 0. The fourth-order valence-corrected chi connectivity index (χ4v) is 3.81. The van der Waals surface area contributed by atoms with Crippen LogP contribution in [0.2, 0.25) is 0 Å². The first-order valence-corrected chi connectivity index (χ1v) is 8.39. The van der Waals surface area contributed by atoms with Crippen molar-refractivity contribution in [3.8, 4) is 0 Å². The predicted molar refractivity (Wildman–Crippen MR) is 85.9 cm³/mol. The molecule has 1 aromatic carbocycles. The number of nitrogens with two attached hydrogens (primary N) is 1. The lowest BCUT2D eigenvalue weighted by atomic mass is 9.89. The second-order valence-electron chi connectivity index (χ2n) is 5.42. The van der Waals surface area contributed by atoms with Crippen LogP contribution in [0.25, 0.3) is 0 Å². The zero-order chi connectivity index (χ0) is 14.5. The largest absolute Gasteiger partial charge is 0.339 e. The summed E-state index contributed by atoms with van der Waals surface area (Å²) in [6, 6.07) is 9.71. The Balaban J connectivity index is 2.08. The third-order valence-corrected chi connectivity index (χ3v) is 5.08. The molecule has 1 saturated heterocycles. The molecule has 3 atom stereocenters.